The molecule has 13 heavy (non-hydrogen) atoms. The minimum Gasteiger partial charge on any atom is -0.550 e. The molecule has 0 aliphatic carbocycles. The maximum Gasteiger partial charge on any atom is 0.139 e. The highest BCUT2D eigenvalue weighted by atomic mass is 35.5. The van der Waals surface area contributed by atoms with Crippen molar-refractivity contribution in [3.8, 4) is 0 Å². The van der Waals surface area contributed by atoms with E-state index in [4.69, 9.17) is 34.8 Å². The zero-order chi connectivity index (χ0) is 10.5. The molecular weight excluding hydrogens is 234 g/mol. The summed E-state index contributed by atoms with van der Waals surface area (Å²) in [5.74, 6) is -2.24. The van der Waals surface area contributed by atoms with Gasteiger partial charge in [-0.2, -0.15) is 0 Å². The third-order valence-electron chi connectivity index (χ3n) is 1.82. The summed E-state index contributed by atoms with van der Waals surface area (Å²) in [6.45, 7) is 1.96. The van der Waals surface area contributed by atoms with Gasteiger partial charge in [0.25, 0.3) is 0 Å². The van der Waals surface area contributed by atoms with Gasteiger partial charge in [0.15, 0.2) is 0 Å². The second-order valence-electron chi connectivity index (χ2n) is 2.91. The van der Waals surface area contributed by atoms with Crippen LogP contribution in [-0.4, -0.2) is 16.2 Å². The Morgan fingerprint density at radius 2 is 2.08 bits per heavy atom. The van der Waals surface area contributed by atoms with Crippen molar-refractivity contribution in [2.75, 3.05) is 5.88 Å². The fraction of sp³-hybridized carbons (Fsp3) is 0.875. The van der Waals surface area contributed by atoms with E-state index in [-0.39, 0.29) is 5.88 Å². The highest BCUT2D eigenvalue weighted by Gasteiger charge is 2.34. The number of rotatable bonds is 6. The maximum absolute atomic E-state index is 10.7. The number of unbranched alkanes of at least 4 members (excludes halogenated alkanes) is 1. The Morgan fingerprint density at radius 1 is 1.54 bits per heavy atom. The van der Waals surface area contributed by atoms with Crippen LogP contribution in [0.25, 0.3) is 0 Å². The number of alkyl halides is 3. The Morgan fingerprint density at radius 3 is 2.38 bits per heavy atom. The number of carbonyl (C=O) groups excluding carboxylic acids is 1. The molecule has 0 spiro atoms. The van der Waals surface area contributed by atoms with E-state index in [0.29, 0.717) is 6.42 Å². The number of carbonyl (C=O) groups is 1. The summed E-state index contributed by atoms with van der Waals surface area (Å²) in [4.78, 5) is 10.7. The van der Waals surface area contributed by atoms with Crippen LogP contribution in [0.15, 0.2) is 0 Å². The monoisotopic (exact) mass is 245 g/mol. The fourth-order valence-corrected chi connectivity index (χ4v) is 1.59. The van der Waals surface area contributed by atoms with Gasteiger partial charge in [0.2, 0.25) is 0 Å². The minimum absolute atomic E-state index is 0.113. The number of halogens is 3. The highest BCUT2D eigenvalue weighted by Crippen LogP contribution is 2.34. The lowest BCUT2D eigenvalue weighted by Gasteiger charge is -2.28. The third kappa shape index (κ3) is 4.39. The Balaban J connectivity index is 4.32. The lowest BCUT2D eigenvalue weighted by molar-refractivity contribution is -0.312. The first kappa shape index (κ1) is 13.3. The van der Waals surface area contributed by atoms with Crippen molar-refractivity contribution in [3.05, 3.63) is 0 Å². The molecule has 0 aromatic rings. The molecule has 0 N–H and O–H groups in total. The molecule has 0 aliphatic heterocycles. The fourth-order valence-electron chi connectivity index (χ4n) is 1.00. The Bertz CT molecular complexity index is 171. The molecule has 0 aromatic heterocycles. The van der Waals surface area contributed by atoms with Gasteiger partial charge in [-0.3, -0.25) is 0 Å². The van der Waals surface area contributed by atoms with Crippen LogP contribution in [0.3, 0.4) is 0 Å². The van der Waals surface area contributed by atoms with Crippen LogP contribution in [0, 0.1) is 5.92 Å². The van der Waals surface area contributed by atoms with E-state index in [2.05, 4.69) is 0 Å². The first-order valence-electron chi connectivity index (χ1n) is 4.10. The summed E-state index contributed by atoms with van der Waals surface area (Å²) >= 11 is 16.9. The molecule has 1 unspecified atom stereocenters. The summed E-state index contributed by atoms with van der Waals surface area (Å²) in [6, 6.07) is 0. The predicted octanol–water partition coefficient (Wildman–Crippen LogP) is 1.96. The SMILES string of the molecule is CCCCC(C(=O)[O-])C(Cl)(Cl)CCl. The van der Waals surface area contributed by atoms with Gasteiger partial charge >= 0.3 is 0 Å². The van der Waals surface area contributed by atoms with Crippen molar-refractivity contribution in [1.82, 2.24) is 0 Å². The Kier molecular flexibility index (Phi) is 6.10. The van der Waals surface area contributed by atoms with Gasteiger partial charge in [-0.05, 0) is 6.42 Å². The van der Waals surface area contributed by atoms with E-state index in [1.165, 1.54) is 0 Å². The molecule has 5 heteroatoms. The molecule has 2 nitrogen and oxygen atoms in total. The third-order valence-corrected chi connectivity index (χ3v) is 3.31. The standard InChI is InChI=1S/C8H13Cl3O2/c1-2-3-4-6(7(12)13)8(10,11)5-9/h6H,2-5H2,1H3,(H,12,13)/p-1. The molecule has 0 rings (SSSR count). The molecule has 0 saturated carbocycles. The first-order valence-corrected chi connectivity index (χ1v) is 5.39. The van der Waals surface area contributed by atoms with Crippen LogP contribution in [0.5, 0.6) is 0 Å². The van der Waals surface area contributed by atoms with Crippen molar-refractivity contribution in [2.45, 2.75) is 30.5 Å². The molecule has 78 valence electrons. The van der Waals surface area contributed by atoms with E-state index in [9.17, 15) is 9.90 Å². The second-order valence-corrected chi connectivity index (χ2v) is 4.72. The summed E-state index contributed by atoms with van der Waals surface area (Å²) in [5.41, 5.74) is 0. The lowest BCUT2D eigenvalue weighted by atomic mass is 9.99. The Hall–Kier alpha value is 0.340. The predicted molar refractivity (Wildman–Crippen MR) is 53.2 cm³/mol. The van der Waals surface area contributed by atoms with Gasteiger partial charge < -0.3 is 9.90 Å². The van der Waals surface area contributed by atoms with Gasteiger partial charge in [-0.1, -0.05) is 43.0 Å². The van der Waals surface area contributed by atoms with Crippen molar-refractivity contribution in [1.29, 1.82) is 0 Å². The molecular formula is C8H12Cl3O2-. The molecule has 0 bridgehead atoms. The molecule has 0 heterocycles. The molecule has 0 fully saturated rings. The van der Waals surface area contributed by atoms with E-state index in [0.717, 1.165) is 12.8 Å². The number of hydrogen-bond donors (Lipinski definition) is 0. The zero-order valence-electron chi connectivity index (χ0n) is 7.36. The van der Waals surface area contributed by atoms with E-state index in [1.807, 2.05) is 6.92 Å². The number of hydrogen-bond acceptors (Lipinski definition) is 2. The summed E-state index contributed by atoms with van der Waals surface area (Å²) in [6.07, 6.45) is 2.03. The number of aliphatic carboxylic acids is 1. The van der Waals surface area contributed by atoms with Crippen LogP contribution in [0.2, 0.25) is 0 Å². The van der Waals surface area contributed by atoms with Gasteiger partial charge in [-0.15, -0.1) is 11.6 Å². The first-order chi connectivity index (χ1) is 5.95. The average Bonchev–Trinajstić information content (AvgIpc) is 2.04. The summed E-state index contributed by atoms with van der Waals surface area (Å²) in [7, 11) is 0. The Labute approximate surface area is 93.2 Å². The zero-order valence-corrected chi connectivity index (χ0v) is 9.62. The minimum atomic E-state index is -1.42. The number of carboxylic acids is 1. The molecule has 1 atom stereocenters. The largest absolute Gasteiger partial charge is 0.550 e. The topological polar surface area (TPSA) is 40.1 Å². The highest BCUT2D eigenvalue weighted by molar-refractivity contribution is 6.52. The van der Waals surface area contributed by atoms with Crippen LogP contribution in [-0.2, 0) is 4.79 Å². The maximum atomic E-state index is 10.7. The van der Waals surface area contributed by atoms with Crippen molar-refractivity contribution < 1.29 is 9.90 Å². The van der Waals surface area contributed by atoms with Gasteiger partial charge in [0.1, 0.15) is 4.33 Å². The van der Waals surface area contributed by atoms with E-state index in [1.54, 1.807) is 0 Å². The smallest absolute Gasteiger partial charge is 0.139 e. The van der Waals surface area contributed by atoms with Crippen LogP contribution < -0.4 is 5.11 Å². The quantitative estimate of drug-likeness (QED) is 0.672. The van der Waals surface area contributed by atoms with E-state index < -0.39 is 16.2 Å². The van der Waals surface area contributed by atoms with Gasteiger partial charge in [-0.25, -0.2) is 0 Å². The van der Waals surface area contributed by atoms with Crippen molar-refractivity contribution in [2.24, 2.45) is 5.92 Å². The summed E-state index contributed by atoms with van der Waals surface area (Å²) < 4.78 is -1.42. The van der Waals surface area contributed by atoms with Gasteiger partial charge in [0, 0.05) is 11.9 Å². The van der Waals surface area contributed by atoms with Crippen molar-refractivity contribution >= 4 is 40.8 Å². The van der Waals surface area contributed by atoms with Crippen molar-refractivity contribution in [3.63, 3.8) is 0 Å². The molecule has 0 amide bonds. The lowest BCUT2D eigenvalue weighted by Crippen LogP contribution is -2.42. The molecule has 0 saturated heterocycles. The van der Waals surface area contributed by atoms with Crippen LogP contribution >= 0.6 is 34.8 Å². The van der Waals surface area contributed by atoms with Crippen LogP contribution in [0.1, 0.15) is 26.2 Å². The van der Waals surface area contributed by atoms with Gasteiger partial charge in [0.05, 0.1) is 5.88 Å². The average molecular weight is 247 g/mol. The molecule has 0 aliphatic rings. The van der Waals surface area contributed by atoms with E-state index >= 15 is 0 Å². The normalized spacial score (nSPS) is 14.2. The molecule has 0 aromatic carbocycles. The van der Waals surface area contributed by atoms with Crippen LogP contribution in [0.4, 0.5) is 0 Å². The number of carboxylic acid groups (broad SMARTS) is 1. The summed E-state index contributed by atoms with van der Waals surface area (Å²) in [5, 5.41) is 10.7. The molecule has 0 radical (unpaired) electrons. The second kappa shape index (κ2) is 5.94.